The van der Waals surface area contributed by atoms with E-state index in [-0.39, 0.29) is 23.2 Å². The zero-order chi connectivity index (χ0) is 18.9. The number of likely N-dealkylation sites (tertiary alicyclic amines) is 1. The smallest absolute Gasteiger partial charge is 0.336 e. The molecular formula is C19H19F3N2O2. The highest BCUT2D eigenvalue weighted by Crippen LogP contribution is 2.30. The van der Waals surface area contributed by atoms with E-state index in [9.17, 15) is 22.8 Å². The average molecular weight is 364 g/mol. The van der Waals surface area contributed by atoms with Crippen LogP contribution in [-0.4, -0.2) is 28.0 Å². The van der Waals surface area contributed by atoms with Crippen LogP contribution < -0.4 is 5.56 Å². The maximum Gasteiger partial charge on any atom is 0.416 e. The maximum absolute atomic E-state index is 12.9. The highest BCUT2D eigenvalue weighted by Gasteiger charge is 2.30. The number of nitrogens with zero attached hydrogens (tertiary/aromatic N) is 2. The van der Waals surface area contributed by atoms with Crippen molar-refractivity contribution in [3.8, 4) is 5.69 Å². The number of hydrogen-bond acceptors (Lipinski definition) is 2. The summed E-state index contributed by atoms with van der Waals surface area (Å²) in [4.78, 5) is 26.7. The Kier molecular flexibility index (Phi) is 4.89. The minimum Gasteiger partial charge on any atom is -0.336 e. The summed E-state index contributed by atoms with van der Waals surface area (Å²) in [5.41, 5.74) is -0.974. The van der Waals surface area contributed by atoms with Crippen LogP contribution in [0, 0.1) is 0 Å². The van der Waals surface area contributed by atoms with Gasteiger partial charge in [-0.2, -0.15) is 13.2 Å². The first-order valence-electron chi connectivity index (χ1n) is 8.48. The van der Waals surface area contributed by atoms with Gasteiger partial charge in [-0.25, -0.2) is 0 Å². The van der Waals surface area contributed by atoms with Crippen molar-refractivity contribution in [2.75, 3.05) is 6.54 Å². The molecule has 0 spiro atoms. The predicted molar refractivity (Wildman–Crippen MR) is 91.4 cm³/mol. The molecule has 1 unspecified atom stereocenters. The Labute approximate surface area is 148 Å². The molecule has 7 heteroatoms. The van der Waals surface area contributed by atoms with E-state index >= 15 is 0 Å². The van der Waals surface area contributed by atoms with E-state index in [4.69, 9.17) is 0 Å². The summed E-state index contributed by atoms with van der Waals surface area (Å²) in [5, 5.41) is 0. The molecule has 1 aliphatic rings. The molecule has 0 bridgehead atoms. The Morgan fingerprint density at radius 2 is 1.92 bits per heavy atom. The Balaban J connectivity index is 1.98. The van der Waals surface area contributed by atoms with Gasteiger partial charge in [0, 0.05) is 30.5 Å². The van der Waals surface area contributed by atoms with E-state index in [0.29, 0.717) is 6.54 Å². The lowest BCUT2D eigenvalue weighted by molar-refractivity contribution is -0.137. The molecule has 0 saturated carbocycles. The second-order valence-electron chi connectivity index (χ2n) is 6.52. The van der Waals surface area contributed by atoms with Crippen molar-refractivity contribution >= 4 is 5.91 Å². The Morgan fingerprint density at radius 1 is 1.15 bits per heavy atom. The number of amides is 1. The van der Waals surface area contributed by atoms with E-state index < -0.39 is 17.3 Å². The fourth-order valence-corrected chi connectivity index (χ4v) is 3.21. The number of benzene rings is 1. The number of aromatic nitrogens is 1. The van der Waals surface area contributed by atoms with Crippen molar-refractivity contribution in [3.63, 3.8) is 0 Å². The lowest BCUT2D eigenvalue weighted by Gasteiger charge is -2.33. The van der Waals surface area contributed by atoms with Crippen LogP contribution in [0.2, 0.25) is 0 Å². The number of hydrogen-bond donors (Lipinski definition) is 0. The van der Waals surface area contributed by atoms with E-state index in [1.54, 1.807) is 4.90 Å². The zero-order valence-electron chi connectivity index (χ0n) is 14.3. The van der Waals surface area contributed by atoms with Gasteiger partial charge in [-0.15, -0.1) is 0 Å². The van der Waals surface area contributed by atoms with Crippen molar-refractivity contribution in [2.24, 2.45) is 0 Å². The van der Waals surface area contributed by atoms with Gasteiger partial charge >= 0.3 is 6.18 Å². The maximum atomic E-state index is 12.9. The van der Waals surface area contributed by atoms with Crippen LogP contribution in [-0.2, 0) is 6.18 Å². The molecule has 1 saturated heterocycles. The molecule has 3 rings (SSSR count). The fraction of sp³-hybridized carbons (Fsp3) is 0.368. The van der Waals surface area contributed by atoms with Gasteiger partial charge in [0.2, 0.25) is 0 Å². The molecule has 1 atom stereocenters. The third-order valence-corrected chi connectivity index (χ3v) is 4.67. The largest absolute Gasteiger partial charge is 0.416 e. The summed E-state index contributed by atoms with van der Waals surface area (Å²) in [5.74, 6) is -0.210. The summed E-state index contributed by atoms with van der Waals surface area (Å²) in [6.07, 6.45) is -0.283. The van der Waals surface area contributed by atoms with Crippen molar-refractivity contribution in [1.82, 2.24) is 9.47 Å². The number of piperidine rings is 1. The van der Waals surface area contributed by atoms with E-state index in [0.717, 1.165) is 36.0 Å². The van der Waals surface area contributed by atoms with Crippen molar-refractivity contribution in [1.29, 1.82) is 0 Å². The lowest BCUT2D eigenvalue weighted by atomic mass is 10.0. The molecule has 1 fully saturated rings. The van der Waals surface area contributed by atoms with Gasteiger partial charge in [0.05, 0.1) is 11.1 Å². The summed E-state index contributed by atoms with van der Waals surface area (Å²) >= 11 is 0. The van der Waals surface area contributed by atoms with Crippen LogP contribution in [0.15, 0.2) is 47.4 Å². The molecule has 1 aliphatic heterocycles. The highest BCUT2D eigenvalue weighted by atomic mass is 19.4. The van der Waals surface area contributed by atoms with Crippen LogP contribution in [0.5, 0.6) is 0 Å². The minimum atomic E-state index is -4.50. The monoisotopic (exact) mass is 364 g/mol. The summed E-state index contributed by atoms with van der Waals surface area (Å²) in [6, 6.07) is 7.24. The fourth-order valence-electron chi connectivity index (χ4n) is 3.21. The van der Waals surface area contributed by atoms with Gasteiger partial charge in [-0.05, 0) is 50.5 Å². The van der Waals surface area contributed by atoms with Gasteiger partial charge in [0.15, 0.2) is 0 Å². The molecule has 0 N–H and O–H groups in total. The number of carbonyl (C=O) groups is 1. The molecule has 1 aromatic heterocycles. The Bertz CT molecular complexity index is 874. The SMILES string of the molecule is CC1CCCCN1C(=O)c1ccc(=O)n(-c2cccc(C(F)(F)F)c2)c1. The van der Waals surface area contributed by atoms with Crippen molar-refractivity contribution in [2.45, 2.75) is 38.4 Å². The predicted octanol–water partition coefficient (Wildman–Crippen LogP) is 3.87. The van der Waals surface area contributed by atoms with Crippen LogP contribution in [0.3, 0.4) is 0 Å². The molecule has 4 nitrogen and oxygen atoms in total. The highest BCUT2D eigenvalue weighted by molar-refractivity contribution is 5.94. The molecule has 26 heavy (non-hydrogen) atoms. The average Bonchev–Trinajstić information content (AvgIpc) is 2.61. The number of carbonyl (C=O) groups excluding carboxylic acids is 1. The normalized spacial score (nSPS) is 18.0. The molecule has 1 aromatic carbocycles. The van der Waals surface area contributed by atoms with E-state index in [1.165, 1.54) is 30.5 Å². The first-order valence-corrected chi connectivity index (χ1v) is 8.48. The molecule has 2 heterocycles. The third-order valence-electron chi connectivity index (χ3n) is 4.67. The first-order chi connectivity index (χ1) is 12.3. The van der Waals surface area contributed by atoms with Gasteiger partial charge in [-0.3, -0.25) is 14.2 Å². The topological polar surface area (TPSA) is 42.3 Å². The van der Waals surface area contributed by atoms with Gasteiger partial charge < -0.3 is 4.90 Å². The summed E-state index contributed by atoms with van der Waals surface area (Å²) in [7, 11) is 0. The molecule has 0 radical (unpaired) electrons. The Morgan fingerprint density at radius 3 is 2.62 bits per heavy atom. The summed E-state index contributed by atoms with van der Waals surface area (Å²) < 4.78 is 39.9. The molecule has 138 valence electrons. The minimum absolute atomic E-state index is 0.0752. The van der Waals surface area contributed by atoms with Crippen LogP contribution >= 0.6 is 0 Å². The first kappa shape index (κ1) is 18.2. The number of alkyl halides is 3. The molecule has 1 amide bonds. The molecular weight excluding hydrogens is 345 g/mol. The van der Waals surface area contributed by atoms with E-state index in [1.807, 2.05) is 6.92 Å². The van der Waals surface area contributed by atoms with Crippen LogP contribution in [0.25, 0.3) is 5.69 Å². The standard InChI is InChI=1S/C19H19F3N2O2/c1-13-5-2-3-10-23(13)18(26)14-8-9-17(25)24(12-14)16-7-4-6-15(11-16)19(20,21)22/h4,6-9,11-13H,2-3,5,10H2,1H3. The van der Waals surface area contributed by atoms with Crippen LogP contribution in [0.4, 0.5) is 13.2 Å². The number of pyridine rings is 1. The lowest BCUT2D eigenvalue weighted by Crippen LogP contribution is -2.42. The second kappa shape index (κ2) is 6.97. The number of rotatable bonds is 2. The van der Waals surface area contributed by atoms with Crippen LogP contribution in [0.1, 0.15) is 42.1 Å². The molecule has 0 aliphatic carbocycles. The van der Waals surface area contributed by atoms with Gasteiger partial charge in [0.1, 0.15) is 0 Å². The second-order valence-corrected chi connectivity index (χ2v) is 6.52. The number of halogens is 3. The molecule has 2 aromatic rings. The van der Waals surface area contributed by atoms with Crippen molar-refractivity contribution in [3.05, 3.63) is 64.1 Å². The van der Waals surface area contributed by atoms with Gasteiger partial charge in [-0.1, -0.05) is 6.07 Å². The quantitative estimate of drug-likeness (QED) is 0.812. The van der Waals surface area contributed by atoms with Gasteiger partial charge in [0.25, 0.3) is 11.5 Å². The third kappa shape index (κ3) is 3.66. The summed E-state index contributed by atoms with van der Waals surface area (Å²) in [6.45, 7) is 2.61. The van der Waals surface area contributed by atoms with E-state index in [2.05, 4.69) is 0 Å². The zero-order valence-corrected chi connectivity index (χ0v) is 14.3. The Hall–Kier alpha value is -2.57. The van der Waals surface area contributed by atoms with Crippen molar-refractivity contribution < 1.29 is 18.0 Å².